The van der Waals surface area contributed by atoms with Crippen molar-refractivity contribution in [3.05, 3.63) is 35.7 Å². The summed E-state index contributed by atoms with van der Waals surface area (Å²) in [4.78, 5) is 6.95. The molecule has 17 heavy (non-hydrogen) atoms. The fourth-order valence-electron chi connectivity index (χ4n) is 3.26. The Morgan fingerprint density at radius 1 is 1.35 bits per heavy atom. The molecule has 1 aromatic rings. The zero-order valence-electron chi connectivity index (χ0n) is 10.9. The van der Waals surface area contributed by atoms with Gasteiger partial charge < -0.3 is 0 Å². The summed E-state index contributed by atoms with van der Waals surface area (Å²) in [5.74, 6) is 0.762. The van der Waals surface area contributed by atoms with Crippen LogP contribution in [0.15, 0.2) is 24.5 Å². The van der Waals surface area contributed by atoms with E-state index in [2.05, 4.69) is 42.8 Å². The summed E-state index contributed by atoms with van der Waals surface area (Å²) < 4.78 is 0. The summed E-state index contributed by atoms with van der Waals surface area (Å²) >= 11 is 0. The highest BCUT2D eigenvalue weighted by molar-refractivity contribution is 5.73. The largest absolute Gasteiger partial charge is 0.293 e. The number of aromatic nitrogens is 1. The first kappa shape index (κ1) is 11.0. The minimum absolute atomic E-state index is 0.628. The Bertz CT molecular complexity index is 462. The van der Waals surface area contributed by atoms with Crippen molar-refractivity contribution in [1.29, 1.82) is 0 Å². The van der Waals surface area contributed by atoms with E-state index in [1.54, 1.807) is 0 Å². The van der Waals surface area contributed by atoms with Gasteiger partial charge in [-0.3, -0.25) is 9.88 Å². The molecule has 0 spiro atoms. The third kappa shape index (κ3) is 1.81. The molecule has 0 amide bonds. The van der Waals surface area contributed by atoms with Gasteiger partial charge in [0.15, 0.2) is 0 Å². The number of rotatable bonds is 2. The van der Waals surface area contributed by atoms with Gasteiger partial charge >= 0.3 is 0 Å². The summed E-state index contributed by atoms with van der Waals surface area (Å²) in [6.07, 6.45) is 7.72. The molecule has 3 rings (SSSR count). The summed E-state index contributed by atoms with van der Waals surface area (Å²) in [6.45, 7) is 7.95. The normalized spacial score (nSPS) is 27.9. The SMILES string of the molecule is Cc1cncc(C2=C[C@H]3C[C@@H]2N(C(C)C)C3)c1. The van der Waals surface area contributed by atoms with Gasteiger partial charge in [-0.05, 0) is 55.9 Å². The van der Waals surface area contributed by atoms with Gasteiger partial charge in [-0.2, -0.15) is 0 Å². The molecule has 0 N–H and O–H groups in total. The number of aryl methyl sites for hydroxylation is 1. The average molecular weight is 228 g/mol. The van der Waals surface area contributed by atoms with E-state index in [4.69, 9.17) is 0 Å². The summed E-state index contributed by atoms with van der Waals surface area (Å²) in [7, 11) is 0. The van der Waals surface area contributed by atoms with Gasteiger partial charge in [0, 0.05) is 31.0 Å². The number of pyridine rings is 1. The average Bonchev–Trinajstić information content (AvgIpc) is 2.88. The van der Waals surface area contributed by atoms with Crippen molar-refractivity contribution in [2.45, 2.75) is 39.3 Å². The quantitative estimate of drug-likeness (QED) is 0.773. The molecular weight excluding hydrogens is 208 g/mol. The third-order valence-electron chi connectivity index (χ3n) is 4.02. The van der Waals surface area contributed by atoms with Crippen LogP contribution in [-0.2, 0) is 0 Å². The van der Waals surface area contributed by atoms with E-state index in [0.29, 0.717) is 12.1 Å². The predicted molar refractivity (Wildman–Crippen MR) is 70.7 cm³/mol. The van der Waals surface area contributed by atoms with E-state index < -0.39 is 0 Å². The lowest BCUT2D eigenvalue weighted by molar-refractivity contribution is 0.231. The third-order valence-corrected chi connectivity index (χ3v) is 4.02. The minimum Gasteiger partial charge on any atom is -0.293 e. The second-order valence-electron chi connectivity index (χ2n) is 5.68. The number of nitrogens with zero attached hydrogens (tertiary/aromatic N) is 2. The number of hydrogen-bond acceptors (Lipinski definition) is 2. The van der Waals surface area contributed by atoms with Gasteiger partial charge in [-0.15, -0.1) is 0 Å². The van der Waals surface area contributed by atoms with Gasteiger partial charge in [0.25, 0.3) is 0 Å². The van der Waals surface area contributed by atoms with Crippen molar-refractivity contribution in [3.8, 4) is 0 Å². The number of hydrogen-bond donors (Lipinski definition) is 0. The van der Waals surface area contributed by atoms with Crippen LogP contribution in [0.2, 0.25) is 0 Å². The van der Waals surface area contributed by atoms with Crippen molar-refractivity contribution >= 4 is 5.57 Å². The van der Waals surface area contributed by atoms with Gasteiger partial charge in [0.2, 0.25) is 0 Å². The smallest absolute Gasteiger partial charge is 0.0360 e. The molecule has 1 aliphatic carbocycles. The van der Waals surface area contributed by atoms with Crippen molar-refractivity contribution in [2.75, 3.05) is 6.54 Å². The highest BCUT2D eigenvalue weighted by atomic mass is 15.2. The Morgan fingerprint density at radius 2 is 2.18 bits per heavy atom. The molecule has 1 aliphatic heterocycles. The van der Waals surface area contributed by atoms with Crippen LogP contribution in [0.25, 0.3) is 5.57 Å². The molecule has 0 radical (unpaired) electrons. The maximum atomic E-state index is 4.32. The summed E-state index contributed by atoms with van der Waals surface area (Å²) in [5, 5.41) is 0. The minimum atomic E-state index is 0.628. The Balaban J connectivity index is 1.93. The van der Waals surface area contributed by atoms with Crippen molar-refractivity contribution < 1.29 is 0 Å². The second kappa shape index (κ2) is 3.95. The topological polar surface area (TPSA) is 16.1 Å². The first-order valence-corrected chi connectivity index (χ1v) is 6.54. The number of fused-ring (bicyclic) bond motifs is 2. The maximum Gasteiger partial charge on any atom is 0.0360 e. The van der Waals surface area contributed by atoms with E-state index in [0.717, 1.165) is 5.92 Å². The van der Waals surface area contributed by atoms with Crippen LogP contribution in [0.4, 0.5) is 0 Å². The lowest BCUT2D eigenvalue weighted by Crippen LogP contribution is -2.37. The highest BCUT2D eigenvalue weighted by Crippen LogP contribution is 2.42. The Labute approximate surface area is 103 Å². The van der Waals surface area contributed by atoms with E-state index in [-0.39, 0.29) is 0 Å². The van der Waals surface area contributed by atoms with Crippen LogP contribution in [-0.4, -0.2) is 28.5 Å². The lowest BCUT2D eigenvalue weighted by Gasteiger charge is -2.31. The van der Waals surface area contributed by atoms with Crippen molar-refractivity contribution in [1.82, 2.24) is 9.88 Å². The predicted octanol–water partition coefficient (Wildman–Crippen LogP) is 2.89. The molecule has 0 unspecified atom stereocenters. The molecule has 0 aromatic carbocycles. The number of likely N-dealkylation sites (tertiary alicyclic amines) is 1. The first-order valence-electron chi connectivity index (χ1n) is 6.54. The van der Waals surface area contributed by atoms with E-state index >= 15 is 0 Å². The van der Waals surface area contributed by atoms with Gasteiger partial charge in [-0.1, -0.05) is 6.08 Å². The van der Waals surface area contributed by atoms with Gasteiger partial charge in [-0.25, -0.2) is 0 Å². The maximum absolute atomic E-state index is 4.32. The molecule has 1 aromatic heterocycles. The van der Waals surface area contributed by atoms with E-state index in [1.807, 2.05) is 12.4 Å². The standard InChI is InChI=1S/C15H20N2/c1-10(2)17-9-12-5-14(15(17)6-12)13-4-11(3)7-16-8-13/h4-5,7-8,10,12,15H,6,9H2,1-3H3/t12-,15-/m0/s1. The highest BCUT2D eigenvalue weighted by Gasteiger charge is 2.40. The summed E-state index contributed by atoms with van der Waals surface area (Å²) in [5.41, 5.74) is 4.08. The molecule has 1 fully saturated rings. The van der Waals surface area contributed by atoms with E-state index in [9.17, 15) is 0 Å². The molecule has 2 heterocycles. The lowest BCUT2D eigenvalue weighted by atomic mass is 10.00. The fourth-order valence-corrected chi connectivity index (χ4v) is 3.26. The van der Waals surface area contributed by atoms with Crippen LogP contribution < -0.4 is 0 Å². The van der Waals surface area contributed by atoms with Crippen LogP contribution in [0, 0.1) is 12.8 Å². The zero-order valence-corrected chi connectivity index (χ0v) is 10.9. The van der Waals surface area contributed by atoms with Crippen molar-refractivity contribution in [2.24, 2.45) is 5.92 Å². The zero-order chi connectivity index (χ0) is 12.0. The van der Waals surface area contributed by atoms with Crippen molar-refractivity contribution in [3.63, 3.8) is 0 Å². The molecule has 2 bridgehead atoms. The molecule has 1 saturated heterocycles. The second-order valence-corrected chi connectivity index (χ2v) is 5.68. The van der Waals surface area contributed by atoms with E-state index in [1.165, 1.54) is 29.7 Å². The van der Waals surface area contributed by atoms with Crippen LogP contribution >= 0.6 is 0 Å². The molecule has 2 atom stereocenters. The molecule has 90 valence electrons. The molecule has 2 heteroatoms. The van der Waals surface area contributed by atoms with Gasteiger partial charge in [0.05, 0.1) is 0 Å². The Hall–Kier alpha value is -1.15. The fraction of sp³-hybridized carbons (Fsp3) is 0.533. The van der Waals surface area contributed by atoms with Crippen LogP contribution in [0.3, 0.4) is 0 Å². The molecule has 0 saturated carbocycles. The molecule has 2 nitrogen and oxygen atoms in total. The van der Waals surface area contributed by atoms with Crippen LogP contribution in [0.1, 0.15) is 31.4 Å². The molecule has 2 aliphatic rings. The monoisotopic (exact) mass is 228 g/mol. The molecular formula is C15H20N2. The Morgan fingerprint density at radius 3 is 2.82 bits per heavy atom. The van der Waals surface area contributed by atoms with Gasteiger partial charge in [0.1, 0.15) is 0 Å². The summed E-state index contributed by atoms with van der Waals surface area (Å²) in [6, 6.07) is 3.54. The van der Waals surface area contributed by atoms with Crippen LogP contribution in [0.5, 0.6) is 0 Å². The Kier molecular flexibility index (Phi) is 2.55. The first-order chi connectivity index (χ1) is 8.15.